The molecule has 0 bridgehead atoms. The van der Waals surface area contributed by atoms with Crippen LogP contribution in [0, 0.1) is 0 Å². The summed E-state index contributed by atoms with van der Waals surface area (Å²) in [4.78, 5) is 16.2. The molecule has 1 aromatic rings. The van der Waals surface area contributed by atoms with E-state index in [1.807, 2.05) is 6.92 Å². The first-order valence-corrected chi connectivity index (χ1v) is 7.14. The van der Waals surface area contributed by atoms with E-state index in [1.54, 1.807) is 0 Å². The summed E-state index contributed by atoms with van der Waals surface area (Å²) in [6, 6.07) is 5.21. The monoisotopic (exact) mass is 318 g/mol. The number of nitrogens with one attached hydrogen (secondary N) is 1. The molecule has 21 heavy (non-hydrogen) atoms. The quantitative estimate of drug-likeness (QED) is 0.931. The summed E-state index contributed by atoms with van der Waals surface area (Å²) in [6.45, 7) is 2.60. The minimum absolute atomic E-state index is 0.182. The van der Waals surface area contributed by atoms with E-state index in [0.29, 0.717) is 17.0 Å². The number of ether oxygens (including phenoxy) is 1. The van der Waals surface area contributed by atoms with Crippen LogP contribution >= 0.6 is 11.8 Å². The highest BCUT2D eigenvalue weighted by atomic mass is 32.2. The second-order valence-corrected chi connectivity index (χ2v) is 5.58. The van der Waals surface area contributed by atoms with Crippen LogP contribution in [0.1, 0.15) is 23.7 Å². The standard InChI is InChI=1S/C13H13F3N2O2S/c1-2-8-7-17-12(21-8)18-11(19)9-5-3-4-6-10(9)20-13(14,15)16/h3-6,8H,2,7H2,1H3,(H,17,18,19). The fraction of sp³-hybridized carbons (Fsp3) is 0.385. The van der Waals surface area contributed by atoms with Crippen molar-refractivity contribution in [1.82, 2.24) is 5.32 Å². The number of para-hydroxylation sites is 1. The molecular weight excluding hydrogens is 305 g/mol. The van der Waals surface area contributed by atoms with E-state index in [0.717, 1.165) is 12.5 Å². The van der Waals surface area contributed by atoms with Crippen LogP contribution in [-0.2, 0) is 0 Å². The third-order valence-electron chi connectivity index (χ3n) is 2.75. The molecule has 1 atom stereocenters. The number of amides is 1. The minimum Gasteiger partial charge on any atom is -0.405 e. The topological polar surface area (TPSA) is 50.7 Å². The molecule has 1 N–H and O–H groups in total. The first-order chi connectivity index (χ1) is 9.89. The molecule has 0 aliphatic carbocycles. The van der Waals surface area contributed by atoms with Crippen molar-refractivity contribution in [2.45, 2.75) is 25.0 Å². The first-order valence-electron chi connectivity index (χ1n) is 6.26. The van der Waals surface area contributed by atoms with Crippen LogP contribution in [0.25, 0.3) is 0 Å². The normalized spacial score (nSPS) is 18.3. The Morgan fingerprint density at radius 2 is 2.19 bits per heavy atom. The number of thioether (sulfide) groups is 1. The Morgan fingerprint density at radius 1 is 1.48 bits per heavy atom. The molecule has 0 saturated heterocycles. The first kappa shape index (κ1) is 15.7. The van der Waals surface area contributed by atoms with Crippen molar-refractivity contribution in [3.63, 3.8) is 0 Å². The highest BCUT2D eigenvalue weighted by Gasteiger charge is 2.33. The van der Waals surface area contributed by atoms with E-state index in [9.17, 15) is 18.0 Å². The van der Waals surface area contributed by atoms with Crippen LogP contribution in [0.5, 0.6) is 5.75 Å². The Morgan fingerprint density at radius 3 is 2.81 bits per heavy atom. The average molecular weight is 318 g/mol. The molecular formula is C13H13F3N2O2S. The van der Waals surface area contributed by atoms with Gasteiger partial charge < -0.3 is 10.1 Å². The summed E-state index contributed by atoms with van der Waals surface area (Å²) in [5.41, 5.74) is -0.182. The molecule has 2 rings (SSSR count). The van der Waals surface area contributed by atoms with E-state index >= 15 is 0 Å². The molecule has 0 aromatic heterocycles. The molecule has 0 radical (unpaired) electrons. The zero-order valence-electron chi connectivity index (χ0n) is 11.1. The largest absolute Gasteiger partial charge is 0.573 e. The lowest BCUT2D eigenvalue weighted by Crippen LogP contribution is -2.29. The van der Waals surface area contributed by atoms with Gasteiger partial charge in [0.2, 0.25) is 0 Å². The molecule has 0 saturated carbocycles. The van der Waals surface area contributed by atoms with E-state index in [-0.39, 0.29) is 5.56 Å². The number of aliphatic imine (C=N–C) groups is 1. The number of hydrogen-bond acceptors (Lipinski definition) is 4. The van der Waals surface area contributed by atoms with Crippen LogP contribution in [0.15, 0.2) is 29.3 Å². The highest BCUT2D eigenvalue weighted by molar-refractivity contribution is 8.14. The molecule has 1 aliphatic rings. The third kappa shape index (κ3) is 4.38. The Bertz CT molecular complexity index is 561. The molecule has 4 nitrogen and oxygen atoms in total. The van der Waals surface area contributed by atoms with Crippen molar-refractivity contribution >= 4 is 22.8 Å². The van der Waals surface area contributed by atoms with Crippen molar-refractivity contribution in [1.29, 1.82) is 0 Å². The number of alkyl halides is 3. The van der Waals surface area contributed by atoms with Gasteiger partial charge in [-0.25, -0.2) is 0 Å². The van der Waals surface area contributed by atoms with Crippen LogP contribution in [-0.4, -0.2) is 29.2 Å². The fourth-order valence-corrected chi connectivity index (χ4v) is 2.66. The number of carbonyl (C=O) groups excluding carboxylic acids is 1. The number of nitrogens with zero attached hydrogens (tertiary/aromatic N) is 1. The van der Waals surface area contributed by atoms with Crippen molar-refractivity contribution in [3.05, 3.63) is 29.8 Å². The average Bonchev–Trinajstić information content (AvgIpc) is 2.85. The lowest BCUT2D eigenvalue weighted by atomic mass is 10.2. The van der Waals surface area contributed by atoms with E-state index in [2.05, 4.69) is 15.0 Å². The van der Waals surface area contributed by atoms with Crippen LogP contribution in [0.2, 0.25) is 0 Å². The molecule has 1 amide bonds. The van der Waals surface area contributed by atoms with Crippen molar-refractivity contribution in [2.75, 3.05) is 6.54 Å². The van der Waals surface area contributed by atoms with Gasteiger partial charge in [-0.3, -0.25) is 9.79 Å². The van der Waals surface area contributed by atoms with Crippen LogP contribution < -0.4 is 10.1 Å². The van der Waals surface area contributed by atoms with Crippen molar-refractivity contribution in [3.8, 4) is 5.75 Å². The highest BCUT2D eigenvalue weighted by Crippen LogP contribution is 2.27. The van der Waals surface area contributed by atoms with Gasteiger partial charge in [0.15, 0.2) is 5.17 Å². The SMILES string of the molecule is CCC1CN=C(NC(=O)c2ccccc2OC(F)(F)F)S1. The summed E-state index contributed by atoms with van der Waals surface area (Å²) < 4.78 is 40.8. The van der Waals surface area contributed by atoms with Gasteiger partial charge in [0, 0.05) is 5.25 Å². The maximum absolute atomic E-state index is 12.3. The van der Waals surface area contributed by atoms with Crippen molar-refractivity contribution in [2.24, 2.45) is 4.99 Å². The number of amidine groups is 1. The van der Waals surface area contributed by atoms with Gasteiger partial charge in [-0.2, -0.15) is 0 Å². The minimum atomic E-state index is -4.84. The zero-order chi connectivity index (χ0) is 15.5. The molecule has 0 fully saturated rings. The van der Waals surface area contributed by atoms with Gasteiger partial charge in [-0.1, -0.05) is 30.8 Å². The second kappa shape index (κ2) is 6.38. The second-order valence-electron chi connectivity index (χ2n) is 4.29. The molecule has 1 aliphatic heterocycles. The number of rotatable bonds is 3. The lowest BCUT2D eigenvalue weighted by Gasteiger charge is -2.13. The van der Waals surface area contributed by atoms with Gasteiger partial charge in [0.1, 0.15) is 5.75 Å². The third-order valence-corrected chi connectivity index (χ3v) is 4.02. The smallest absolute Gasteiger partial charge is 0.405 e. The Labute approximate surface area is 123 Å². The van der Waals surface area contributed by atoms with Gasteiger partial charge >= 0.3 is 6.36 Å². The Hall–Kier alpha value is -1.70. The van der Waals surface area contributed by atoms with Gasteiger partial charge in [-0.05, 0) is 18.6 Å². The van der Waals surface area contributed by atoms with Crippen molar-refractivity contribution < 1.29 is 22.7 Å². The summed E-state index contributed by atoms with van der Waals surface area (Å²) in [6.07, 6.45) is -3.94. The zero-order valence-corrected chi connectivity index (χ0v) is 11.9. The summed E-state index contributed by atoms with van der Waals surface area (Å²) >= 11 is 1.41. The fourth-order valence-electron chi connectivity index (χ4n) is 1.73. The Balaban J connectivity index is 2.09. The van der Waals surface area contributed by atoms with E-state index < -0.39 is 18.0 Å². The van der Waals surface area contributed by atoms with Crippen LogP contribution in [0.3, 0.4) is 0 Å². The lowest BCUT2D eigenvalue weighted by molar-refractivity contribution is -0.274. The van der Waals surface area contributed by atoms with Gasteiger partial charge in [0.05, 0.1) is 12.1 Å². The molecule has 8 heteroatoms. The summed E-state index contributed by atoms with van der Waals surface area (Å²) in [5, 5.41) is 3.23. The predicted octanol–water partition coefficient (Wildman–Crippen LogP) is 3.20. The molecule has 114 valence electrons. The van der Waals surface area contributed by atoms with E-state index in [1.165, 1.54) is 30.0 Å². The number of carbonyl (C=O) groups is 1. The van der Waals surface area contributed by atoms with Crippen LogP contribution in [0.4, 0.5) is 13.2 Å². The van der Waals surface area contributed by atoms with Gasteiger partial charge in [0.25, 0.3) is 5.91 Å². The van der Waals surface area contributed by atoms with E-state index in [4.69, 9.17) is 0 Å². The van der Waals surface area contributed by atoms with Gasteiger partial charge in [-0.15, -0.1) is 13.2 Å². The molecule has 0 spiro atoms. The Kier molecular flexibility index (Phi) is 4.76. The number of halogens is 3. The summed E-state index contributed by atoms with van der Waals surface area (Å²) in [5.74, 6) is -1.20. The number of benzene rings is 1. The molecule has 1 aromatic carbocycles. The number of hydrogen-bond donors (Lipinski definition) is 1. The molecule has 1 unspecified atom stereocenters. The maximum Gasteiger partial charge on any atom is 0.573 e. The predicted molar refractivity (Wildman–Crippen MR) is 74.6 cm³/mol. The molecule has 1 heterocycles. The summed E-state index contributed by atoms with van der Waals surface area (Å²) in [7, 11) is 0. The maximum atomic E-state index is 12.3.